The van der Waals surface area contributed by atoms with E-state index in [4.69, 9.17) is 0 Å². The molecule has 1 N–H and O–H groups in total. The second-order valence-electron chi connectivity index (χ2n) is 5.75. The van der Waals surface area contributed by atoms with Gasteiger partial charge in [-0.3, -0.25) is 4.79 Å². The molecule has 0 fully saturated rings. The fraction of sp³-hybridized carbons (Fsp3) is 0.353. The number of carbonyl (C=O) groups is 1. The van der Waals surface area contributed by atoms with Crippen molar-refractivity contribution in [2.45, 2.75) is 26.2 Å². The summed E-state index contributed by atoms with van der Waals surface area (Å²) in [7, 11) is 0. The number of nitrogens with one attached hydrogen (secondary N) is 1. The van der Waals surface area contributed by atoms with Crippen molar-refractivity contribution in [3.8, 4) is 0 Å². The monoisotopic (exact) mass is 266 g/mol. The molecule has 0 spiro atoms. The number of Topliss-reactive ketones (excluding diaryl/α,β-unsaturated/α-hetero) is 1. The maximum atomic E-state index is 12.0. The zero-order chi connectivity index (χ0) is 13.7. The number of rotatable bonds is 1. The first-order chi connectivity index (χ1) is 9.75. The average molecular weight is 266 g/mol. The molecule has 20 heavy (non-hydrogen) atoms. The van der Waals surface area contributed by atoms with Gasteiger partial charge in [-0.25, -0.2) is 0 Å². The zero-order valence-electron chi connectivity index (χ0n) is 11.7. The van der Waals surface area contributed by atoms with Crippen LogP contribution in [-0.2, 0) is 11.2 Å². The smallest absolute Gasteiger partial charge is 0.157 e. The number of allylic oxidation sites excluding steroid dienone is 1. The van der Waals surface area contributed by atoms with Crippen LogP contribution in [0.1, 0.15) is 31.0 Å². The maximum Gasteiger partial charge on any atom is 0.157 e. The Morgan fingerprint density at radius 1 is 1.20 bits per heavy atom. The lowest BCUT2D eigenvalue weighted by molar-refractivity contribution is -0.113. The lowest BCUT2D eigenvalue weighted by Gasteiger charge is -2.36. The number of para-hydroxylation sites is 1. The quantitative estimate of drug-likeness (QED) is 0.861. The summed E-state index contributed by atoms with van der Waals surface area (Å²) in [5.41, 5.74) is 5.92. The van der Waals surface area contributed by atoms with Gasteiger partial charge < -0.3 is 9.88 Å². The Balaban J connectivity index is 2.02. The molecule has 0 unspecified atom stereocenters. The summed E-state index contributed by atoms with van der Waals surface area (Å²) in [5, 5.41) is 1.31. The molecule has 0 bridgehead atoms. The van der Waals surface area contributed by atoms with Gasteiger partial charge in [0.2, 0.25) is 0 Å². The van der Waals surface area contributed by atoms with Gasteiger partial charge in [0.1, 0.15) is 0 Å². The van der Waals surface area contributed by atoms with E-state index in [1.54, 1.807) is 6.92 Å². The van der Waals surface area contributed by atoms with Gasteiger partial charge in [0.05, 0.1) is 11.4 Å². The predicted octanol–water partition coefficient (Wildman–Crippen LogP) is 3.12. The molecule has 3 heterocycles. The molecule has 0 amide bonds. The molecular weight excluding hydrogens is 248 g/mol. The van der Waals surface area contributed by atoms with E-state index in [-0.39, 0.29) is 5.78 Å². The maximum absolute atomic E-state index is 12.0. The van der Waals surface area contributed by atoms with Crippen LogP contribution < -0.4 is 0 Å². The molecular formula is C17H18N2O. The number of benzene rings is 1. The van der Waals surface area contributed by atoms with Crippen LogP contribution in [-0.4, -0.2) is 28.8 Å². The summed E-state index contributed by atoms with van der Waals surface area (Å²) < 4.78 is 0. The molecule has 1 aromatic carbocycles. The van der Waals surface area contributed by atoms with Gasteiger partial charge in [0.25, 0.3) is 0 Å². The molecule has 0 saturated carbocycles. The van der Waals surface area contributed by atoms with E-state index in [2.05, 4.69) is 34.1 Å². The summed E-state index contributed by atoms with van der Waals surface area (Å²) >= 11 is 0. The summed E-state index contributed by atoms with van der Waals surface area (Å²) in [4.78, 5) is 17.9. The van der Waals surface area contributed by atoms with Crippen LogP contribution >= 0.6 is 0 Å². The molecule has 2 aromatic rings. The van der Waals surface area contributed by atoms with Gasteiger partial charge in [-0.1, -0.05) is 18.2 Å². The standard InChI is InChI=1S/C17H18N2O/c1-11(20)12-6-4-9-19-10-8-14-13-5-2-3-7-15(13)18-16(14)17(12)19/h2-3,5,7,18H,4,6,8-10H2,1H3. The number of fused-ring (bicyclic) bond motifs is 5. The number of nitrogens with zero attached hydrogens (tertiary/aromatic N) is 1. The highest BCUT2D eigenvalue weighted by Gasteiger charge is 2.30. The number of aromatic nitrogens is 1. The number of H-pyrrole nitrogens is 1. The van der Waals surface area contributed by atoms with Gasteiger partial charge in [0.15, 0.2) is 5.78 Å². The van der Waals surface area contributed by atoms with Crippen molar-refractivity contribution < 1.29 is 4.79 Å². The average Bonchev–Trinajstić information content (AvgIpc) is 2.85. The first-order valence-electron chi connectivity index (χ1n) is 7.34. The van der Waals surface area contributed by atoms with Gasteiger partial charge in [0, 0.05) is 29.6 Å². The van der Waals surface area contributed by atoms with Gasteiger partial charge in [-0.05, 0) is 37.8 Å². The Kier molecular flexibility index (Phi) is 2.49. The number of hydrogen-bond acceptors (Lipinski definition) is 2. The molecule has 0 atom stereocenters. The lowest BCUT2D eigenvalue weighted by atomic mass is 9.91. The van der Waals surface area contributed by atoms with Crippen LogP contribution in [0.2, 0.25) is 0 Å². The summed E-state index contributed by atoms with van der Waals surface area (Å²) in [6, 6.07) is 8.44. The van der Waals surface area contributed by atoms with Crippen molar-refractivity contribution in [1.29, 1.82) is 0 Å². The normalized spacial score (nSPS) is 18.1. The third-order valence-corrected chi connectivity index (χ3v) is 4.56. The molecule has 3 nitrogen and oxygen atoms in total. The van der Waals surface area contributed by atoms with Crippen molar-refractivity contribution in [3.63, 3.8) is 0 Å². The molecule has 0 saturated heterocycles. The number of carbonyl (C=O) groups excluding carboxylic acids is 1. The Labute approximate surface area is 118 Å². The molecule has 1 aromatic heterocycles. The minimum atomic E-state index is 0.219. The number of aromatic amines is 1. The molecule has 2 aliphatic heterocycles. The second kappa shape index (κ2) is 4.23. The largest absolute Gasteiger partial charge is 0.369 e. The predicted molar refractivity (Wildman–Crippen MR) is 80.4 cm³/mol. The van der Waals surface area contributed by atoms with Crippen LogP contribution in [0.4, 0.5) is 0 Å². The highest BCUT2D eigenvalue weighted by molar-refractivity contribution is 6.03. The van der Waals surface area contributed by atoms with E-state index in [9.17, 15) is 4.79 Å². The van der Waals surface area contributed by atoms with Crippen molar-refractivity contribution in [2.24, 2.45) is 0 Å². The van der Waals surface area contributed by atoms with Crippen LogP contribution in [0.3, 0.4) is 0 Å². The Morgan fingerprint density at radius 2 is 2.05 bits per heavy atom. The van der Waals surface area contributed by atoms with Gasteiger partial charge >= 0.3 is 0 Å². The number of hydrogen-bond donors (Lipinski definition) is 1. The van der Waals surface area contributed by atoms with Crippen molar-refractivity contribution in [3.05, 3.63) is 41.1 Å². The van der Waals surface area contributed by atoms with E-state index >= 15 is 0 Å². The Hall–Kier alpha value is -2.03. The highest BCUT2D eigenvalue weighted by atomic mass is 16.1. The summed E-state index contributed by atoms with van der Waals surface area (Å²) in [6.45, 7) is 3.80. The lowest BCUT2D eigenvalue weighted by Crippen LogP contribution is -2.34. The van der Waals surface area contributed by atoms with Crippen molar-refractivity contribution in [1.82, 2.24) is 9.88 Å². The van der Waals surface area contributed by atoms with E-state index in [0.29, 0.717) is 0 Å². The SMILES string of the molecule is CC(=O)C1=C2c3[nH]c4ccccc4c3CCN2CCC1. The minimum absolute atomic E-state index is 0.219. The summed E-state index contributed by atoms with van der Waals surface area (Å²) in [5.74, 6) is 0.219. The van der Waals surface area contributed by atoms with Crippen molar-refractivity contribution in [2.75, 3.05) is 13.1 Å². The van der Waals surface area contributed by atoms with Crippen LogP contribution in [0.15, 0.2) is 29.8 Å². The molecule has 4 rings (SSSR count). The molecule has 0 aliphatic carbocycles. The Morgan fingerprint density at radius 3 is 2.90 bits per heavy atom. The van der Waals surface area contributed by atoms with Crippen LogP contribution in [0.5, 0.6) is 0 Å². The van der Waals surface area contributed by atoms with E-state index in [0.717, 1.165) is 37.9 Å². The van der Waals surface area contributed by atoms with E-state index in [1.165, 1.54) is 27.9 Å². The molecule has 102 valence electrons. The molecule has 2 aliphatic rings. The fourth-order valence-electron chi connectivity index (χ4n) is 3.65. The third kappa shape index (κ3) is 1.56. The van der Waals surface area contributed by atoms with E-state index < -0.39 is 0 Å². The topological polar surface area (TPSA) is 36.1 Å². The third-order valence-electron chi connectivity index (χ3n) is 4.56. The summed E-state index contributed by atoms with van der Waals surface area (Å²) in [6.07, 6.45) is 3.07. The zero-order valence-corrected chi connectivity index (χ0v) is 11.7. The van der Waals surface area contributed by atoms with E-state index in [1.807, 2.05) is 0 Å². The first kappa shape index (κ1) is 11.8. The number of ketones is 1. The second-order valence-corrected chi connectivity index (χ2v) is 5.75. The van der Waals surface area contributed by atoms with Gasteiger partial charge in [-0.2, -0.15) is 0 Å². The Bertz CT molecular complexity index is 739. The first-order valence-corrected chi connectivity index (χ1v) is 7.34. The van der Waals surface area contributed by atoms with Gasteiger partial charge in [-0.15, -0.1) is 0 Å². The minimum Gasteiger partial charge on any atom is -0.369 e. The highest BCUT2D eigenvalue weighted by Crippen LogP contribution is 2.38. The molecule has 0 radical (unpaired) electrons. The molecule has 3 heteroatoms. The van der Waals surface area contributed by atoms with Crippen LogP contribution in [0, 0.1) is 0 Å². The van der Waals surface area contributed by atoms with Crippen LogP contribution in [0.25, 0.3) is 16.6 Å². The van der Waals surface area contributed by atoms with Crippen molar-refractivity contribution >= 4 is 22.4 Å². The fourth-order valence-corrected chi connectivity index (χ4v) is 3.65.